The largest absolute Gasteiger partial charge is 0.387 e. The SMILES string of the molecule is COCC1(O)CCC(c2ccc(C(C)C)nc2CN(C)C)CC1. The Morgan fingerprint density at radius 1 is 1.30 bits per heavy atom. The van der Waals surface area contributed by atoms with Crippen LogP contribution in [0.15, 0.2) is 12.1 Å². The van der Waals surface area contributed by atoms with E-state index in [9.17, 15) is 5.11 Å². The van der Waals surface area contributed by atoms with E-state index >= 15 is 0 Å². The van der Waals surface area contributed by atoms with E-state index in [2.05, 4.69) is 45.0 Å². The van der Waals surface area contributed by atoms with Gasteiger partial charge in [0.15, 0.2) is 0 Å². The van der Waals surface area contributed by atoms with Crippen molar-refractivity contribution in [1.82, 2.24) is 9.88 Å². The normalized spacial score (nSPS) is 25.3. The molecule has 1 aromatic rings. The fourth-order valence-corrected chi connectivity index (χ4v) is 3.53. The average molecular weight is 320 g/mol. The van der Waals surface area contributed by atoms with Crippen molar-refractivity contribution >= 4 is 0 Å². The average Bonchev–Trinajstić information content (AvgIpc) is 2.47. The molecule has 0 spiro atoms. The first-order chi connectivity index (χ1) is 10.8. The molecule has 130 valence electrons. The topological polar surface area (TPSA) is 45.6 Å². The van der Waals surface area contributed by atoms with Crippen molar-refractivity contribution in [2.75, 3.05) is 27.8 Å². The molecule has 1 N–H and O–H groups in total. The summed E-state index contributed by atoms with van der Waals surface area (Å²) < 4.78 is 5.17. The van der Waals surface area contributed by atoms with Gasteiger partial charge in [-0.25, -0.2) is 0 Å². The highest BCUT2D eigenvalue weighted by molar-refractivity contribution is 5.28. The summed E-state index contributed by atoms with van der Waals surface area (Å²) in [6.45, 7) is 5.68. The van der Waals surface area contributed by atoms with Crippen LogP contribution >= 0.6 is 0 Å². The maximum Gasteiger partial charge on any atom is 0.0880 e. The third-order valence-corrected chi connectivity index (χ3v) is 4.86. The number of ether oxygens (including phenoxy) is 1. The predicted octanol–water partition coefficient (Wildman–Crippen LogP) is 3.30. The van der Waals surface area contributed by atoms with Gasteiger partial charge in [0.1, 0.15) is 0 Å². The van der Waals surface area contributed by atoms with E-state index in [-0.39, 0.29) is 0 Å². The van der Waals surface area contributed by atoms with Crippen LogP contribution < -0.4 is 0 Å². The molecule has 0 bridgehead atoms. The molecule has 0 radical (unpaired) electrons. The summed E-state index contributed by atoms with van der Waals surface area (Å²) in [7, 11) is 5.84. The summed E-state index contributed by atoms with van der Waals surface area (Å²) in [6, 6.07) is 4.45. The van der Waals surface area contributed by atoms with Gasteiger partial charge >= 0.3 is 0 Å². The van der Waals surface area contributed by atoms with Crippen LogP contribution in [-0.2, 0) is 11.3 Å². The Kier molecular flexibility index (Phi) is 6.18. The van der Waals surface area contributed by atoms with Crippen LogP contribution in [0, 0.1) is 0 Å². The Balaban J connectivity index is 2.19. The molecule has 1 aliphatic carbocycles. The minimum Gasteiger partial charge on any atom is -0.387 e. The van der Waals surface area contributed by atoms with E-state index in [0.717, 1.165) is 37.9 Å². The van der Waals surface area contributed by atoms with E-state index in [4.69, 9.17) is 9.72 Å². The van der Waals surface area contributed by atoms with Gasteiger partial charge in [0.05, 0.1) is 17.9 Å². The van der Waals surface area contributed by atoms with Gasteiger partial charge < -0.3 is 14.7 Å². The number of aromatic nitrogens is 1. The zero-order chi connectivity index (χ0) is 17.0. The van der Waals surface area contributed by atoms with Crippen molar-refractivity contribution < 1.29 is 9.84 Å². The molecule has 0 amide bonds. The Labute approximate surface area is 140 Å². The number of pyridine rings is 1. The standard InChI is InChI=1S/C19H32N2O2/c1-14(2)17-7-6-16(18(20-17)12-21(3)4)15-8-10-19(22,11-9-15)13-23-5/h6-7,14-15,22H,8-13H2,1-5H3. The molecule has 4 nitrogen and oxygen atoms in total. The molecule has 1 fully saturated rings. The third kappa shape index (κ3) is 4.75. The monoisotopic (exact) mass is 320 g/mol. The number of hydrogen-bond donors (Lipinski definition) is 1. The lowest BCUT2D eigenvalue weighted by atomic mass is 9.76. The van der Waals surface area contributed by atoms with Gasteiger partial charge in [-0.15, -0.1) is 0 Å². The minimum atomic E-state index is -0.641. The number of aliphatic hydroxyl groups is 1. The molecule has 0 atom stereocenters. The van der Waals surface area contributed by atoms with Crippen molar-refractivity contribution in [1.29, 1.82) is 0 Å². The van der Waals surface area contributed by atoms with Crippen LogP contribution in [0.5, 0.6) is 0 Å². The van der Waals surface area contributed by atoms with Crippen LogP contribution in [-0.4, -0.2) is 48.4 Å². The third-order valence-electron chi connectivity index (χ3n) is 4.86. The summed E-state index contributed by atoms with van der Waals surface area (Å²) in [6.07, 6.45) is 3.61. The van der Waals surface area contributed by atoms with Crippen LogP contribution in [0.4, 0.5) is 0 Å². The Morgan fingerprint density at radius 2 is 1.96 bits per heavy atom. The molecule has 1 saturated carbocycles. The van der Waals surface area contributed by atoms with Crippen LogP contribution in [0.3, 0.4) is 0 Å². The lowest BCUT2D eigenvalue weighted by Gasteiger charge is -2.36. The van der Waals surface area contributed by atoms with Crippen molar-refractivity contribution in [2.24, 2.45) is 0 Å². The van der Waals surface area contributed by atoms with Crippen LogP contribution in [0.25, 0.3) is 0 Å². The summed E-state index contributed by atoms with van der Waals surface area (Å²) in [4.78, 5) is 7.11. The summed E-state index contributed by atoms with van der Waals surface area (Å²) in [5.41, 5.74) is 3.08. The highest BCUT2D eigenvalue weighted by atomic mass is 16.5. The van der Waals surface area contributed by atoms with Crippen molar-refractivity contribution in [3.8, 4) is 0 Å². The van der Waals surface area contributed by atoms with E-state index < -0.39 is 5.60 Å². The Bertz CT molecular complexity index is 506. The van der Waals surface area contributed by atoms with E-state index in [1.807, 2.05) is 0 Å². The van der Waals surface area contributed by atoms with Crippen molar-refractivity contribution in [3.05, 3.63) is 29.1 Å². The zero-order valence-electron chi connectivity index (χ0n) is 15.3. The van der Waals surface area contributed by atoms with Crippen LogP contribution in [0.1, 0.15) is 68.3 Å². The van der Waals surface area contributed by atoms with Gasteiger partial charge in [0.2, 0.25) is 0 Å². The molecule has 0 aliphatic heterocycles. The molecular formula is C19H32N2O2. The predicted molar refractivity (Wildman–Crippen MR) is 93.8 cm³/mol. The minimum absolute atomic E-state index is 0.439. The maximum atomic E-state index is 10.5. The molecule has 2 rings (SSSR count). The lowest BCUT2D eigenvalue weighted by molar-refractivity contribution is -0.0589. The second-order valence-corrected chi connectivity index (χ2v) is 7.60. The molecule has 1 aliphatic rings. The van der Waals surface area contributed by atoms with Gasteiger partial charge in [-0.05, 0) is 63.2 Å². The Morgan fingerprint density at radius 3 is 2.48 bits per heavy atom. The van der Waals surface area contributed by atoms with E-state index in [1.54, 1.807) is 7.11 Å². The molecule has 1 aromatic heterocycles. The summed E-state index contributed by atoms with van der Waals surface area (Å²) >= 11 is 0. The van der Waals surface area contributed by atoms with Crippen LogP contribution in [0.2, 0.25) is 0 Å². The number of rotatable bonds is 6. The first kappa shape index (κ1) is 18.4. The number of methoxy groups -OCH3 is 1. The molecule has 0 aromatic carbocycles. The van der Waals surface area contributed by atoms with Gasteiger partial charge in [0.25, 0.3) is 0 Å². The molecule has 23 heavy (non-hydrogen) atoms. The maximum absolute atomic E-state index is 10.5. The smallest absolute Gasteiger partial charge is 0.0880 e. The quantitative estimate of drug-likeness (QED) is 0.873. The van der Waals surface area contributed by atoms with E-state index in [1.165, 1.54) is 11.3 Å². The fraction of sp³-hybridized carbons (Fsp3) is 0.737. The number of nitrogens with zero attached hydrogens (tertiary/aromatic N) is 2. The highest BCUT2D eigenvalue weighted by Crippen LogP contribution is 2.39. The Hall–Kier alpha value is -0.970. The zero-order valence-corrected chi connectivity index (χ0v) is 15.3. The molecule has 0 unspecified atom stereocenters. The molecule has 1 heterocycles. The lowest BCUT2D eigenvalue weighted by Crippen LogP contribution is -2.38. The molecule has 0 saturated heterocycles. The summed E-state index contributed by atoms with van der Waals surface area (Å²) in [5.74, 6) is 0.943. The second-order valence-electron chi connectivity index (χ2n) is 7.60. The van der Waals surface area contributed by atoms with Crippen molar-refractivity contribution in [3.63, 3.8) is 0 Å². The highest BCUT2D eigenvalue weighted by Gasteiger charge is 2.34. The van der Waals surface area contributed by atoms with Gasteiger partial charge in [-0.1, -0.05) is 19.9 Å². The van der Waals surface area contributed by atoms with E-state index in [0.29, 0.717) is 18.4 Å². The number of hydrogen-bond acceptors (Lipinski definition) is 4. The van der Waals surface area contributed by atoms with Gasteiger partial charge in [-0.3, -0.25) is 4.98 Å². The van der Waals surface area contributed by atoms with Crippen molar-refractivity contribution in [2.45, 2.75) is 63.5 Å². The van der Waals surface area contributed by atoms with Gasteiger partial charge in [0, 0.05) is 19.3 Å². The molecular weight excluding hydrogens is 288 g/mol. The first-order valence-corrected chi connectivity index (χ1v) is 8.70. The molecule has 4 heteroatoms. The van der Waals surface area contributed by atoms with Gasteiger partial charge in [-0.2, -0.15) is 0 Å². The first-order valence-electron chi connectivity index (χ1n) is 8.70. The fourth-order valence-electron chi connectivity index (χ4n) is 3.53. The summed E-state index contributed by atoms with van der Waals surface area (Å²) in [5, 5.41) is 10.5. The second kappa shape index (κ2) is 7.73.